The van der Waals surface area contributed by atoms with E-state index >= 15 is 0 Å². The first-order chi connectivity index (χ1) is 12.0. The van der Waals surface area contributed by atoms with Crippen molar-refractivity contribution in [3.63, 3.8) is 0 Å². The Balaban J connectivity index is 1.42. The number of fused-ring (bicyclic) bond motifs is 1. The minimum atomic E-state index is -3.56. The zero-order valence-corrected chi connectivity index (χ0v) is 14.8. The minimum Gasteiger partial charge on any atom is -0.376 e. The van der Waals surface area contributed by atoms with Gasteiger partial charge < -0.3 is 14.6 Å². The minimum absolute atomic E-state index is 0.0472. The van der Waals surface area contributed by atoms with Gasteiger partial charge >= 0.3 is 0 Å². The van der Waals surface area contributed by atoms with Crippen molar-refractivity contribution >= 4 is 15.8 Å². The van der Waals surface area contributed by atoms with Crippen LogP contribution in [0.4, 0.5) is 5.82 Å². The summed E-state index contributed by atoms with van der Waals surface area (Å²) in [6, 6.07) is 5.72. The molecule has 0 aromatic carbocycles. The Labute approximate surface area is 146 Å². The fraction of sp³-hybridized carbons (Fsp3) is 0.500. The Bertz CT molecular complexity index is 838. The molecule has 1 N–H and O–H groups in total. The first-order valence-corrected chi connectivity index (χ1v) is 9.72. The van der Waals surface area contributed by atoms with E-state index < -0.39 is 10.0 Å². The largest absolute Gasteiger partial charge is 0.376 e. The quantitative estimate of drug-likeness (QED) is 0.835. The Morgan fingerprint density at radius 2 is 2.20 bits per heavy atom. The maximum Gasteiger partial charge on any atom is 0.262 e. The molecule has 2 fully saturated rings. The number of sulfonamides is 1. The van der Waals surface area contributed by atoms with Crippen LogP contribution in [0.25, 0.3) is 0 Å². The number of rotatable bonds is 5. The van der Waals surface area contributed by atoms with Gasteiger partial charge in [-0.3, -0.25) is 0 Å². The highest BCUT2D eigenvalue weighted by molar-refractivity contribution is 7.89. The van der Waals surface area contributed by atoms with Gasteiger partial charge in [-0.25, -0.2) is 18.4 Å². The second kappa shape index (κ2) is 6.40. The molecule has 8 nitrogen and oxygen atoms in total. The number of imidazole rings is 1. The number of anilines is 1. The van der Waals surface area contributed by atoms with Crippen LogP contribution in [-0.2, 0) is 21.8 Å². The topological polar surface area (TPSA) is 89.4 Å². The Morgan fingerprint density at radius 3 is 2.92 bits per heavy atom. The molecule has 3 atom stereocenters. The average Bonchev–Trinajstić information content (AvgIpc) is 3.30. The number of nitrogens with one attached hydrogen (secondary N) is 1. The smallest absolute Gasteiger partial charge is 0.262 e. The molecule has 0 radical (unpaired) electrons. The van der Waals surface area contributed by atoms with E-state index in [1.54, 1.807) is 17.8 Å². The summed E-state index contributed by atoms with van der Waals surface area (Å²) in [5.41, 5.74) is 0. The van der Waals surface area contributed by atoms with E-state index in [0.717, 1.165) is 12.4 Å². The maximum atomic E-state index is 12.7. The van der Waals surface area contributed by atoms with Crippen LogP contribution >= 0.6 is 0 Å². The van der Waals surface area contributed by atoms with Gasteiger partial charge in [-0.1, -0.05) is 6.07 Å². The summed E-state index contributed by atoms with van der Waals surface area (Å²) >= 11 is 0. The summed E-state index contributed by atoms with van der Waals surface area (Å²) < 4.78 is 34.5. The van der Waals surface area contributed by atoms with E-state index in [1.165, 1.54) is 16.8 Å². The summed E-state index contributed by atoms with van der Waals surface area (Å²) in [6.45, 7) is 2.23. The van der Waals surface area contributed by atoms with Gasteiger partial charge in [-0.15, -0.1) is 0 Å². The van der Waals surface area contributed by atoms with Gasteiger partial charge in [0.15, 0.2) is 5.03 Å². The van der Waals surface area contributed by atoms with E-state index in [2.05, 4.69) is 15.3 Å². The molecule has 0 bridgehead atoms. The van der Waals surface area contributed by atoms with Gasteiger partial charge in [0.05, 0.1) is 19.0 Å². The van der Waals surface area contributed by atoms with Crippen LogP contribution in [0.2, 0.25) is 0 Å². The molecule has 0 unspecified atom stereocenters. The van der Waals surface area contributed by atoms with Crippen LogP contribution in [0.15, 0.2) is 41.9 Å². The summed E-state index contributed by atoms with van der Waals surface area (Å²) in [4.78, 5) is 8.25. The molecule has 0 aliphatic carbocycles. The molecule has 134 valence electrons. The number of pyridine rings is 1. The second-order valence-corrected chi connectivity index (χ2v) is 8.48. The average molecular weight is 363 g/mol. The molecule has 2 aliphatic rings. The van der Waals surface area contributed by atoms with Gasteiger partial charge in [-0.2, -0.15) is 4.31 Å². The van der Waals surface area contributed by atoms with Crippen LogP contribution in [-0.4, -0.2) is 59.6 Å². The van der Waals surface area contributed by atoms with Gasteiger partial charge in [0, 0.05) is 50.9 Å². The van der Waals surface area contributed by atoms with Crippen molar-refractivity contribution in [3.8, 4) is 0 Å². The van der Waals surface area contributed by atoms with Crippen molar-refractivity contribution in [1.82, 2.24) is 18.8 Å². The first-order valence-electron chi connectivity index (χ1n) is 8.28. The van der Waals surface area contributed by atoms with Crippen molar-refractivity contribution in [1.29, 1.82) is 0 Å². The predicted octanol–water partition coefficient (Wildman–Crippen LogP) is 0.563. The molecule has 2 aromatic rings. The lowest BCUT2D eigenvalue weighted by atomic mass is 9.93. The molecule has 4 rings (SSSR count). The summed E-state index contributed by atoms with van der Waals surface area (Å²) in [5.74, 6) is 1.27. The van der Waals surface area contributed by atoms with Crippen molar-refractivity contribution in [2.75, 3.05) is 31.6 Å². The van der Waals surface area contributed by atoms with E-state index in [1.807, 2.05) is 18.2 Å². The van der Waals surface area contributed by atoms with Gasteiger partial charge in [0.25, 0.3) is 10.0 Å². The predicted molar refractivity (Wildman–Crippen MR) is 91.4 cm³/mol. The summed E-state index contributed by atoms with van der Waals surface area (Å²) in [6.07, 6.45) is 4.73. The number of hydrogen-bond acceptors (Lipinski definition) is 6. The van der Waals surface area contributed by atoms with E-state index in [0.29, 0.717) is 19.7 Å². The lowest BCUT2D eigenvalue weighted by molar-refractivity contribution is 0.104. The number of aryl methyl sites for hydroxylation is 1. The zero-order valence-electron chi connectivity index (χ0n) is 13.9. The van der Waals surface area contributed by atoms with Gasteiger partial charge in [-0.05, 0) is 12.1 Å². The molecule has 2 aliphatic heterocycles. The molecule has 25 heavy (non-hydrogen) atoms. The number of hydrogen-bond donors (Lipinski definition) is 1. The second-order valence-electron chi connectivity index (χ2n) is 6.59. The molecule has 2 saturated heterocycles. The standard InChI is InChI=1S/C16H21N5O3S/c1-20-9-16(19-11-20)25(22,23)21-7-13-12(10-24-14(13)8-21)6-18-15-4-2-3-5-17-15/h2-5,9,11-14H,6-8,10H2,1H3,(H,17,18)/t12-,13+,14+/m0/s1. The SMILES string of the molecule is Cn1cnc(S(=O)(=O)N2C[C@@H]3[C@@H](CNc4ccccn4)CO[C@@H]3C2)c1. The first kappa shape index (κ1) is 16.5. The van der Waals surface area contributed by atoms with Gasteiger partial charge in [0.2, 0.25) is 0 Å². The Kier molecular flexibility index (Phi) is 4.22. The third-order valence-electron chi connectivity index (χ3n) is 4.90. The molecular weight excluding hydrogens is 342 g/mol. The third-order valence-corrected chi connectivity index (χ3v) is 6.62. The molecule has 0 spiro atoms. The summed E-state index contributed by atoms with van der Waals surface area (Å²) in [5, 5.41) is 3.41. The fourth-order valence-corrected chi connectivity index (χ4v) is 4.98. The Hall–Kier alpha value is -1.97. The van der Waals surface area contributed by atoms with Crippen molar-refractivity contribution in [3.05, 3.63) is 36.9 Å². The molecule has 4 heterocycles. The number of nitrogens with zero attached hydrogens (tertiary/aromatic N) is 4. The molecule has 0 amide bonds. The number of aromatic nitrogens is 3. The number of ether oxygens (including phenoxy) is 1. The van der Waals surface area contributed by atoms with Crippen LogP contribution in [0.3, 0.4) is 0 Å². The van der Waals surface area contributed by atoms with Crippen molar-refractivity contribution in [2.24, 2.45) is 18.9 Å². The van der Waals surface area contributed by atoms with Crippen LogP contribution < -0.4 is 5.32 Å². The van der Waals surface area contributed by atoms with E-state index in [9.17, 15) is 8.42 Å². The normalized spacial score (nSPS) is 26.7. The van der Waals surface area contributed by atoms with Crippen LogP contribution in [0.1, 0.15) is 0 Å². The fourth-order valence-electron chi connectivity index (χ4n) is 3.53. The highest BCUT2D eigenvalue weighted by atomic mass is 32.2. The molecule has 0 saturated carbocycles. The molecular formula is C16H21N5O3S. The summed E-state index contributed by atoms with van der Waals surface area (Å²) in [7, 11) is -1.80. The highest BCUT2D eigenvalue weighted by Gasteiger charge is 2.47. The Morgan fingerprint density at radius 1 is 1.32 bits per heavy atom. The zero-order chi connectivity index (χ0) is 17.4. The van der Waals surface area contributed by atoms with E-state index in [4.69, 9.17) is 4.74 Å². The van der Waals surface area contributed by atoms with Crippen LogP contribution in [0.5, 0.6) is 0 Å². The monoisotopic (exact) mass is 363 g/mol. The lowest BCUT2D eigenvalue weighted by Crippen LogP contribution is -2.32. The maximum absolute atomic E-state index is 12.7. The third kappa shape index (κ3) is 3.14. The van der Waals surface area contributed by atoms with Gasteiger partial charge in [0.1, 0.15) is 5.82 Å². The molecule has 9 heteroatoms. The van der Waals surface area contributed by atoms with Crippen LogP contribution in [0, 0.1) is 11.8 Å². The lowest BCUT2D eigenvalue weighted by Gasteiger charge is -2.19. The van der Waals surface area contributed by atoms with E-state index in [-0.39, 0.29) is 23.0 Å². The van der Waals surface area contributed by atoms with Crippen molar-refractivity contribution in [2.45, 2.75) is 11.1 Å². The molecule has 2 aromatic heterocycles. The highest BCUT2D eigenvalue weighted by Crippen LogP contribution is 2.36. The van der Waals surface area contributed by atoms with Crippen molar-refractivity contribution < 1.29 is 13.2 Å².